The second kappa shape index (κ2) is 8.00. The van der Waals surface area contributed by atoms with E-state index in [1.807, 2.05) is 60.0 Å². The van der Waals surface area contributed by atoms with E-state index in [4.69, 9.17) is 16.3 Å². The molecule has 28 heavy (non-hydrogen) atoms. The maximum atomic E-state index is 12.7. The molecule has 0 aliphatic rings. The van der Waals surface area contributed by atoms with Gasteiger partial charge in [-0.1, -0.05) is 41.1 Å². The first-order valence-electron chi connectivity index (χ1n) is 8.85. The van der Waals surface area contributed by atoms with Crippen molar-refractivity contribution in [3.63, 3.8) is 0 Å². The van der Waals surface area contributed by atoms with E-state index in [0.717, 1.165) is 22.5 Å². The fourth-order valence-electron chi connectivity index (χ4n) is 2.88. The minimum Gasteiger partial charge on any atom is -0.457 e. The number of rotatable bonds is 4. The van der Waals surface area contributed by atoms with Crippen molar-refractivity contribution in [1.29, 1.82) is 0 Å². The van der Waals surface area contributed by atoms with Gasteiger partial charge in [0.1, 0.15) is 11.5 Å². The van der Waals surface area contributed by atoms with Crippen LogP contribution in [0.15, 0.2) is 77.8 Å². The van der Waals surface area contributed by atoms with Crippen LogP contribution in [0.2, 0.25) is 5.02 Å². The van der Waals surface area contributed by atoms with E-state index in [9.17, 15) is 4.79 Å². The van der Waals surface area contributed by atoms with Crippen LogP contribution in [0.4, 0.5) is 0 Å². The Labute approximate surface area is 171 Å². The molecule has 4 aromatic rings. The van der Waals surface area contributed by atoms with Gasteiger partial charge in [-0.3, -0.25) is 4.79 Å². The highest BCUT2D eigenvalue weighted by atomic mass is 35.5. The van der Waals surface area contributed by atoms with Crippen molar-refractivity contribution in [3.8, 4) is 11.5 Å². The second-order valence-corrected chi connectivity index (χ2v) is 7.54. The summed E-state index contributed by atoms with van der Waals surface area (Å²) in [4.78, 5) is 17.7. The first-order chi connectivity index (χ1) is 13.6. The SMILES string of the molecule is CCn1c(=NC(=O)c2ccc(Oc3ccccc3)cc2)sc2cc(Cl)ccc21. The van der Waals surface area contributed by atoms with Gasteiger partial charge in [0.05, 0.1) is 10.2 Å². The summed E-state index contributed by atoms with van der Waals surface area (Å²) >= 11 is 7.54. The lowest BCUT2D eigenvalue weighted by molar-refractivity contribution is 0.0998. The van der Waals surface area contributed by atoms with Crippen LogP contribution in [0.25, 0.3) is 10.2 Å². The fraction of sp³-hybridized carbons (Fsp3) is 0.0909. The number of amides is 1. The first-order valence-corrected chi connectivity index (χ1v) is 10.0. The molecule has 4 rings (SSSR count). The standard InChI is InChI=1S/C22H17ClN2O2S/c1-2-25-19-13-10-16(23)14-20(19)28-22(25)24-21(26)15-8-11-18(12-9-15)27-17-6-4-3-5-7-17/h3-14H,2H2,1H3. The van der Waals surface area contributed by atoms with Gasteiger partial charge in [0.2, 0.25) is 0 Å². The lowest BCUT2D eigenvalue weighted by atomic mass is 10.2. The van der Waals surface area contributed by atoms with E-state index in [1.54, 1.807) is 24.3 Å². The van der Waals surface area contributed by atoms with E-state index in [2.05, 4.69) is 4.99 Å². The van der Waals surface area contributed by atoms with Crippen LogP contribution >= 0.6 is 22.9 Å². The lowest BCUT2D eigenvalue weighted by Gasteiger charge is -2.05. The van der Waals surface area contributed by atoms with Gasteiger partial charge in [-0.05, 0) is 61.5 Å². The maximum Gasteiger partial charge on any atom is 0.279 e. The number of ether oxygens (including phenoxy) is 1. The van der Waals surface area contributed by atoms with Crippen molar-refractivity contribution in [2.45, 2.75) is 13.5 Å². The Morgan fingerprint density at radius 3 is 2.46 bits per heavy atom. The Morgan fingerprint density at radius 1 is 1.04 bits per heavy atom. The fourth-order valence-corrected chi connectivity index (χ4v) is 4.25. The van der Waals surface area contributed by atoms with Crippen molar-refractivity contribution in [1.82, 2.24) is 4.57 Å². The van der Waals surface area contributed by atoms with Crippen LogP contribution in [0.5, 0.6) is 11.5 Å². The highest BCUT2D eigenvalue weighted by Crippen LogP contribution is 2.23. The molecule has 1 aromatic heterocycles. The molecule has 1 amide bonds. The van der Waals surface area contributed by atoms with Gasteiger partial charge in [-0.15, -0.1) is 0 Å². The highest BCUT2D eigenvalue weighted by molar-refractivity contribution is 7.16. The molecule has 0 fully saturated rings. The molecule has 140 valence electrons. The number of halogens is 1. The Morgan fingerprint density at radius 2 is 1.75 bits per heavy atom. The molecule has 3 aromatic carbocycles. The van der Waals surface area contributed by atoms with E-state index in [0.29, 0.717) is 21.1 Å². The number of fused-ring (bicyclic) bond motifs is 1. The number of carbonyl (C=O) groups excluding carboxylic acids is 1. The van der Waals surface area contributed by atoms with Gasteiger partial charge in [0, 0.05) is 17.1 Å². The third kappa shape index (κ3) is 3.86. The summed E-state index contributed by atoms with van der Waals surface area (Å²) in [7, 11) is 0. The summed E-state index contributed by atoms with van der Waals surface area (Å²) in [5, 5.41) is 0.670. The van der Waals surface area contributed by atoms with Crippen molar-refractivity contribution >= 4 is 39.1 Å². The van der Waals surface area contributed by atoms with Crippen LogP contribution in [0, 0.1) is 0 Å². The highest BCUT2D eigenvalue weighted by Gasteiger charge is 2.09. The number of carbonyl (C=O) groups is 1. The Kier molecular flexibility index (Phi) is 5.28. The normalized spacial score (nSPS) is 11.7. The predicted octanol–water partition coefficient (Wildman–Crippen LogP) is 5.91. The zero-order valence-electron chi connectivity index (χ0n) is 15.1. The summed E-state index contributed by atoms with van der Waals surface area (Å²) in [5.74, 6) is 1.13. The van der Waals surface area contributed by atoms with E-state index >= 15 is 0 Å². The van der Waals surface area contributed by atoms with E-state index in [1.165, 1.54) is 11.3 Å². The minimum atomic E-state index is -0.286. The molecule has 1 heterocycles. The number of para-hydroxylation sites is 1. The first kappa shape index (κ1) is 18.5. The molecule has 0 saturated carbocycles. The van der Waals surface area contributed by atoms with Crippen LogP contribution < -0.4 is 9.54 Å². The predicted molar refractivity (Wildman–Crippen MR) is 113 cm³/mol. The molecule has 0 bridgehead atoms. The number of hydrogen-bond donors (Lipinski definition) is 0. The molecule has 0 saturated heterocycles. The van der Waals surface area contributed by atoms with Gasteiger partial charge in [0.25, 0.3) is 5.91 Å². The van der Waals surface area contributed by atoms with Gasteiger partial charge in [0.15, 0.2) is 4.80 Å². The number of thiazole rings is 1. The molecular formula is C22H17ClN2O2S. The van der Waals surface area contributed by atoms with Gasteiger partial charge in [-0.25, -0.2) is 0 Å². The van der Waals surface area contributed by atoms with Gasteiger partial charge >= 0.3 is 0 Å². The Hall–Kier alpha value is -2.89. The van der Waals surface area contributed by atoms with E-state index < -0.39 is 0 Å². The number of hydrogen-bond acceptors (Lipinski definition) is 3. The molecule has 0 aliphatic heterocycles. The minimum absolute atomic E-state index is 0.286. The lowest BCUT2D eigenvalue weighted by Crippen LogP contribution is -2.15. The summed E-state index contributed by atoms with van der Waals surface area (Å²) in [5.41, 5.74) is 1.54. The van der Waals surface area contributed by atoms with Gasteiger partial charge in [-0.2, -0.15) is 4.99 Å². The van der Waals surface area contributed by atoms with Crippen LogP contribution in [0.3, 0.4) is 0 Å². The van der Waals surface area contributed by atoms with Crippen molar-refractivity contribution in [3.05, 3.63) is 88.2 Å². The monoisotopic (exact) mass is 408 g/mol. The summed E-state index contributed by atoms with van der Waals surface area (Å²) in [6.45, 7) is 2.75. The summed E-state index contributed by atoms with van der Waals surface area (Å²) in [6, 6.07) is 22.2. The number of aromatic nitrogens is 1. The second-order valence-electron chi connectivity index (χ2n) is 6.10. The topological polar surface area (TPSA) is 43.6 Å². The largest absolute Gasteiger partial charge is 0.457 e. The third-order valence-electron chi connectivity index (χ3n) is 4.24. The molecular weight excluding hydrogens is 392 g/mol. The van der Waals surface area contributed by atoms with Crippen molar-refractivity contribution in [2.75, 3.05) is 0 Å². The molecule has 0 atom stereocenters. The van der Waals surface area contributed by atoms with Crippen LogP contribution in [-0.4, -0.2) is 10.5 Å². The average molecular weight is 409 g/mol. The number of benzene rings is 3. The van der Waals surface area contributed by atoms with Crippen LogP contribution in [0.1, 0.15) is 17.3 Å². The molecule has 6 heteroatoms. The molecule has 0 spiro atoms. The third-order valence-corrected chi connectivity index (χ3v) is 5.51. The molecule has 0 aliphatic carbocycles. The summed E-state index contributed by atoms with van der Waals surface area (Å²) < 4.78 is 8.78. The Balaban J connectivity index is 1.62. The number of aryl methyl sites for hydroxylation is 1. The summed E-state index contributed by atoms with van der Waals surface area (Å²) in [6.07, 6.45) is 0. The smallest absolute Gasteiger partial charge is 0.279 e. The van der Waals surface area contributed by atoms with Gasteiger partial charge < -0.3 is 9.30 Å². The quantitative estimate of drug-likeness (QED) is 0.421. The zero-order valence-corrected chi connectivity index (χ0v) is 16.7. The molecule has 4 nitrogen and oxygen atoms in total. The van der Waals surface area contributed by atoms with Crippen molar-refractivity contribution in [2.24, 2.45) is 4.99 Å². The van der Waals surface area contributed by atoms with Crippen molar-refractivity contribution < 1.29 is 9.53 Å². The molecule has 0 unspecified atom stereocenters. The van der Waals surface area contributed by atoms with Crippen LogP contribution in [-0.2, 0) is 6.54 Å². The molecule has 0 N–H and O–H groups in total. The Bertz CT molecular complexity index is 1190. The maximum absolute atomic E-state index is 12.7. The average Bonchev–Trinajstić information content (AvgIpc) is 3.05. The van der Waals surface area contributed by atoms with E-state index in [-0.39, 0.29) is 5.91 Å². The number of nitrogens with zero attached hydrogens (tertiary/aromatic N) is 2. The molecule has 0 radical (unpaired) electrons. The zero-order chi connectivity index (χ0) is 19.5.